The molecule has 1 N–H and O–H groups in total. The Morgan fingerprint density at radius 2 is 2.33 bits per heavy atom. The van der Waals surface area contributed by atoms with Crippen molar-refractivity contribution in [3.63, 3.8) is 0 Å². The van der Waals surface area contributed by atoms with Gasteiger partial charge in [-0.1, -0.05) is 6.92 Å². The van der Waals surface area contributed by atoms with Gasteiger partial charge in [0.05, 0.1) is 13.2 Å². The lowest BCUT2D eigenvalue weighted by Crippen LogP contribution is -2.38. The van der Waals surface area contributed by atoms with Crippen molar-refractivity contribution in [2.75, 3.05) is 26.8 Å². The number of aldehydes is 1. The predicted octanol–water partition coefficient (Wildman–Crippen LogP) is -0.138. The molecule has 0 fully saturated rings. The molecule has 0 saturated heterocycles. The van der Waals surface area contributed by atoms with Crippen molar-refractivity contribution >= 4 is 6.29 Å². The van der Waals surface area contributed by atoms with Gasteiger partial charge in [0.15, 0.2) is 0 Å². The van der Waals surface area contributed by atoms with Crippen molar-refractivity contribution in [2.24, 2.45) is 0 Å². The Morgan fingerprint density at radius 3 is 2.75 bits per heavy atom. The molecule has 0 saturated carbocycles. The lowest BCUT2D eigenvalue weighted by molar-refractivity contribution is -0.112. The van der Waals surface area contributed by atoms with Crippen molar-refractivity contribution in [1.82, 2.24) is 4.90 Å². The summed E-state index contributed by atoms with van der Waals surface area (Å²) in [5.74, 6) is 0. The summed E-state index contributed by atoms with van der Waals surface area (Å²) in [6.07, 6.45) is 0.872. The lowest BCUT2D eigenvalue weighted by Gasteiger charge is -2.24. The van der Waals surface area contributed by atoms with Gasteiger partial charge in [0.2, 0.25) is 0 Å². The zero-order chi connectivity index (χ0) is 9.40. The first-order valence-corrected chi connectivity index (χ1v) is 4.11. The first-order valence-electron chi connectivity index (χ1n) is 4.11. The number of hydrogen-bond acceptors (Lipinski definition) is 4. The van der Waals surface area contributed by atoms with Crippen LogP contribution in [0.5, 0.6) is 0 Å². The molecule has 0 spiro atoms. The largest absolute Gasteiger partial charge is 0.383 e. The average molecular weight is 175 g/mol. The molecule has 4 nitrogen and oxygen atoms in total. The summed E-state index contributed by atoms with van der Waals surface area (Å²) in [6, 6.07) is 0. The molecule has 0 bridgehead atoms. The normalized spacial score (nSPS) is 13.3. The van der Waals surface area contributed by atoms with E-state index in [0.29, 0.717) is 19.6 Å². The van der Waals surface area contributed by atoms with E-state index in [1.165, 1.54) is 0 Å². The molecule has 0 aromatic rings. The summed E-state index contributed by atoms with van der Waals surface area (Å²) in [7, 11) is 1.59. The highest BCUT2D eigenvalue weighted by atomic mass is 16.5. The standard InChI is InChI=1S/C8H17NO3/c1-3-8(11)9(4-6-10)5-7-12-2/h6,8,11H,3-5,7H2,1-2H3. The maximum absolute atomic E-state index is 10.2. The van der Waals surface area contributed by atoms with Gasteiger partial charge in [-0.05, 0) is 6.42 Å². The Hall–Kier alpha value is -0.450. The molecular weight excluding hydrogens is 158 g/mol. The third kappa shape index (κ3) is 4.43. The minimum Gasteiger partial charge on any atom is -0.383 e. The average Bonchev–Trinajstić information content (AvgIpc) is 2.11. The molecule has 0 aromatic heterocycles. The smallest absolute Gasteiger partial charge is 0.134 e. The molecule has 0 aliphatic heterocycles. The van der Waals surface area contributed by atoms with Crippen LogP contribution < -0.4 is 0 Å². The SMILES string of the molecule is CCC(O)N(CC=O)CCOC. The highest BCUT2D eigenvalue weighted by molar-refractivity contribution is 5.51. The van der Waals surface area contributed by atoms with Gasteiger partial charge < -0.3 is 14.6 Å². The van der Waals surface area contributed by atoms with Gasteiger partial charge >= 0.3 is 0 Å². The van der Waals surface area contributed by atoms with E-state index >= 15 is 0 Å². The van der Waals surface area contributed by atoms with E-state index in [0.717, 1.165) is 6.29 Å². The maximum atomic E-state index is 10.2. The van der Waals surface area contributed by atoms with Crippen LogP contribution in [0, 0.1) is 0 Å². The Morgan fingerprint density at radius 1 is 1.67 bits per heavy atom. The van der Waals surface area contributed by atoms with Crippen LogP contribution in [0.3, 0.4) is 0 Å². The first kappa shape index (κ1) is 11.6. The van der Waals surface area contributed by atoms with E-state index < -0.39 is 6.23 Å². The molecule has 0 heterocycles. The van der Waals surface area contributed by atoms with Crippen LogP contribution >= 0.6 is 0 Å². The molecule has 0 rings (SSSR count). The lowest BCUT2D eigenvalue weighted by atomic mass is 10.3. The summed E-state index contributed by atoms with van der Waals surface area (Å²) in [5, 5.41) is 9.39. The second kappa shape index (κ2) is 7.21. The summed E-state index contributed by atoms with van der Waals surface area (Å²) in [6.45, 7) is 3.25. The van der Waals surface area contributed by atoms with Gasteiger partial charge in [-0.3, -0.25) is 4.90 Å². The van der Waals surface area contributed by atoms with E-state index in [1.807, 2.05) is 6.92 Å². The van der Waals surface area contributed by atoms with Crippen molar-refractivity contribution in [3.05, 3.63) is 0 Å². The quantitative estimate of drug-likeness (QED) is 0.432. The number of aliphatic hydroxyl groups is 1. The zero-order valence-electron chi connectivity index (χ0n) is 7.69. The summed E-state index contributed by atoms with van der Waals surface area (Å²) >= 11 is 0. The fourth-order valence-corrected chi connectivity index (χ4v) is 0.924. The van der Waals surface area contributed by atoms with Gasteiger partial charge in [0.25, 0.3) is 0 Å². The molecule has 4 heteroatoms. The summed E-state index contributed by atoms with van der Waals surface area (Å²) < 4.78 is 4.84. The topological polar surface area (TPSA) is 49.8 Å². The Bertz CT molecular complexity index is 119. The highest BCUT2D eigenvalue weighted by Gasteiger charge is 2.11. The van der Waals surface area contributed by atoms with E-state index in [4.69, 9.17) is 4.74 Å². The van der Waals surface area contributed by atoms with Crippen molar-refractivity contribution in [1.29, 1.82) is 0 Å². The molecule has 1 atom stereocenters. The molecule has 72 valence electrons. The number of nitrogens with zero attached hydrogens (tertiary/aromatic N) is 1. The van der Waals surface area contributed by atoms with Gasteiger partial charge in [0.1, 0.15) is 12.5 Å². The monoisotopic (exact) mass is 175 g/mol. The predicted molar refractivity (Wildman–Crippen MR) is 45.8 cm³/mol. The number of rotatable bonds is 7. The van der Waals surface area contributed by atoms with Crippen LogP contribution in [0.1, 0.15) is 13.3 Å². The van der Waals surface area contributed by atoms with Crippen LogP contribution in [0.15, 0.2) is 0 Å². The minimum atomic E-state index is -0.537. The molecular formula is C8H17NO3. The molecule has 0 amide bonds. The maximum Gasteiger partial charge on any atom is 0.134 e. The zero-order valence-corrected chi connectivity index (χ0v) is 7.69. The van der Waals surface area contributed by atoms with Crippen LogP contribution in [0.2, 0.25) is 0 Å². The fourth-order valence-electron chi connectivity index (χ4n) is 0.924. The van der Waals surface area contributed by atoms with E-state index in [9.17, 15) is 9.90 Å². The van der Waals surface area contributed by atoms with Gasteiger partial charge in [0, 0.05) is 13.7 Å². The molecule has 1 unspecified atom stereocenters. The van der Waals surface area contributed by atoms with Crippen LogP contribution in [0.25, 0.3) is 0 Å². The number of carbonyl (C=O) groups excluding carboxylic acids is 1. The van der Waals surface area contributed by atoms with E-state index in [-0.39, 0.29) is 6.54 Å². The number of methoxy groups -OCH3 is 1. The third-order valence-corrected chi connectivity index (χ3v) is 1.68. The molecule has 0 aliphatic carbocycles. The van der Waals surface area contributed by atoms with Crippen molar-refractivity contribution in [2.45, 2.75) is 19.6 Å². The van der Waals surface area contributed by atoms with Crippen LogP contribution in [0.4, 0.5) is 0 Å². The number of hydrogen-bond donors (Lipinski definition) is 1. The fraction of sp³-hybridized carbons (Fsp3) is 0.875. The van der Waals surface area contributed by atoms with Gasteiger partial charge in [-0.2, -0.15) is 0 Å². The van der Waals surface area contributed by atoms with Crippen LogP contribution in [-0.4, -0.2) is 49.3 Å². The Kier molecular flexibility index (Phi) is 6.94. The number of ether oxygens (including phenoxy) is 1. The third-order valence-electron chi connectivity index (χ3n) is 1.68. The summed E-state index contributed by atoms with van der Waals surface area (Å²) in [5.41, 5.74) is 0. The molecule has 0 aliphatic rings. The highest BCUT2D eigenvalue weighted by Crippen LogP contribution is 1.98. The van der Waals surface area contributed by atoms with E-state index in [2.05, 4.69) is 0 Å². The molecule has 0 radical (unpaired) electrons. The molecule has 12 heavy (non-hydrogen) atoms. The Balaban J connectivity index is 3.75. The van der Waals surface area contributed by atoms with Crippen LogP contribution in [-0.2, 0) is 9.53 Å². The number of aliphatic hydroxyl groups excluding tert-OH is 1. The van der Waals surface area contributed by atoms with Crippen molar-refractivity contribution in [3.8, 4) is 0 Å². The summed E-state index contributed by atoms with van der Waals surface area (Å²) in [4.78, 5) is 11.9. The Labute approximate surface area is 73.1 Å². The van der Waals surface area contributed by atoms with Gasteiger partial charge in [-0.15, -0.1) is 0 Å². The van der Waals surface area contributed by atoms with E-state index in [1.54, 1.807) is 12.0 Å². The van der Waals surface area contributed by atoms with Gasteiger partial charge in [-0.25, -0.2) is 0 Å². The second-order valence-corrected chi connectivity index (χ2v) is 2.54. The molecule has 0 aromatic carbocycles. The number of carbonyl (C=O) groups is 1. The van der Waals surface area contributed by atoms with Crippen molar-refractivity contribution < 1.29 is 14.6 Å². The minimum absolute atomic E-state index is 0.262. The first-order chi connectivity index (χ1) is 5.76. The second-order valence-electron chi connectivity index (χ2n) is 2.54.